The van der Waals surface area contributed by atoms with Crippen molar-refractivity contribution >= 4 is 47.4 Å². The number of carbonyl (C=O) groups is 2. The zero-order valence-electron chi connectivity index (χ0n) is 19.5. The fourth-order valence-electron chi connectivity index (χ4n) is 4.57. The van der Waals surface area contributed by atoms with Crippen LogP contribution in [0.2, 0.25) is 0 Å². The van der Waals surface area contributed by atoms with Gasteiger partial charge in [-0.05, 0) is 50.3 Å². The molecule has 3 fully saturated rings. The molecule has 182 valence electrons. The number of nitrogens with zero attached hydrogens (tertiary/aromatic N) is 4. The summed E-state index contributed by atoms with van der Waals surface area (Å²) in [6, 6.07) is 8.16. The average molecular weight is 569 g/mol. The summed E-state index contributed by atoms with van der Waals surface area (Å²) in [4.78, 5) is 35.6. The molecule has 0 aromatic heterocycles. The molecule has 0 saturated carbocycles. The molecule has 1 aromatic carbocycles. The molecule has 1 unspecified atom stereocenters. The highest BCUT2D eigenvalue weighted by Gasteiger charge is 2.31. The predicted octanol–water partition coefficient (Wildman–Crippen LogP) is 2.61. The molecule has 1 atom stereocenters. The summed E-state index contributed by atoms with van der Waals surface area (Å²) in [6.45, 7) is 7.86. The van der Waals surface area contributed by atoms with E-state index in [9.17, 15) is 9.59 Å². The summed E-state index contributed by atoms with van der Waals surface area (Å²) in [5.41, 5.74) is 2.09. The Hall–Kier alpha value is -1.88. The first-order valence-corrected chi connectivity index (χ1v) is 12.0. The minimum atomic E-state index is -0.244. The minimum Gasteiger partial charge on any atom is -0.368 e. The van der Waals surface area contributed by atoms with Crippen molar-refractivity contribution in [1.29, 1.82) is 0 Å². The molecule has 0 aliphatic carbocycles. The van der Waals surface area contributed by atoms with Crippen molar-refractivity contribution in [3.8, 4) is 0 Å². The molecule has 3 heterocycles. The van der Waals surface area contributed by atoms with Gasteiger partial charge in [-0.1, -0.05) is 12.1 Å². The number of benzene rings is 1. The lowest BCUT2D eigenvalue weighted by atomic mass is 10.1. The van der Waals surface area contributed by atoms with Crippen LogP contribution in [0, 0.1) is 0 Å². The topological polar surface area (TPSA) is 77.5 Å². The van der Waals surface area contributed by atoms with E-state index in [1.54, 1.807) is 0 Å². The smallest absolute Gasteiger partial charge is 0.251 e. The standard InChI is InChI=1S/C24H35N5O3.HI/c1-2-25-24(28-15-13-27(14-16-28)23(31)21-6-5-17-32-21)26-18-19-8-10-20(11-9-19)29-12-4-3-7-22(29)30;/h8-11,21H,2-7,12-18H2,1H3,(H,25,26);1H. The number of anilines is 1. The first kappa shape index (κ1) is 25.7. The highest BCUT2D eigenvalue weighted by atomic mass is 127. The van der Waals surface area contributed by atoms with Crippen molar-refractivity contribution < 1.29 is 14.3 Å². The van der Waals surface area contributed by atoms with Gasteiger partial charge in [0, 0.05) is 58.0 Å². The van der Waals surface area contributed by atoms with E-state index in [4.69, 9.17) is 9.73 Å². The van der Waals surface area contributed by atoms with Crippen LogP contribution in [0.4, 0.5) is 5.69 Å². The molecule has 0 spiro atoms. The van der Waals surface area contributed by atoms with Crippen LogP contribution in [-0.2, 0) is 20.9 Å². The Bertz CT molecular complexity index is 818. The Balaban J connectivity index is 0.00000306. The number of ether oxygens (including phenoxy) is 1. The van der Waals surface area contributed by atoms with Gasteiger partial charge in [0.2, 0.25) is 5.91 Å². The Morgan fingerprint density at radius 3 is 2.42 bits per heavy atom. The van der Waals surface area contributed by atoms with Gasteiger partial charge < -0.3 is 24.8 Å². The molecule has 1 aromatic rings. The van der Waals surface area contributed by atoms with Crippen LogP contribution < -0.4 is 10.2 Å². The maximum atomic E-state index is 12.6. The van der Waals surface area contributed by atoms with Gasteiger partial charge in [-0.15, -0.1) is 24.0 Å². The van der Waals surface area contributed by atoms with Gasteiger partial charge in [-0.2, -0.15) is 0 Å². The summed E-state index contributed by atoms with van der Waals surface area (Å²) in [5.74, 6) is 1.23. The number of aliphatic imine (C=N–C) groups is 1. The third-order valence-electron chi connectivity index (χ3n) is 6.41. The van der Waals surface area contributed by atoms with Gasteiger partial charge in [-0.3, -0.25) is 9.59 Å². The Kier molecular flexibility index (Phi) is 9.78. The highest BCUT2D eigenvalue weighted by molar-refractivity contribution is 14.0. The van der Waals surface area contributed by atoms with E-state index >= 15 is 0 Å². The summed E-state index contributed by atoms with van der Waals surface area (Å²) in [7, 11) is 0. The fourth-order valence-corrected chi connectivity index (χ4v) is 4.57. The lowest BCUT2D eigenvalue weighted by molar-refractivity contribution is -0.142. The number of hydrogen-bond acceptors (Lipinski definition) is 4. The van der Waals surface area contributed by atoms with E-state index in [1.165, 1.54) is 0 Å². The second-order valence-electron chi connectivity index (χ2n) is 8.65. The molecule has 4 rings (SSSR count). The maximum Gasteiger partial charge on any atom is 0.251 e. The largest absolute Gasteiger partial charge is 0.368 e. The van der Waals surface area contributed by atoms with E-state index in [0.717, 1.165) is 69.1 Å². The molecule has 33 heavy (non-hydrogen) atoms. The van der Waals surface area contributed by atoms with E-state index in [0.29, 0.717) is 32.7 Å². The van der Waals surface area contributed by atoms with Gasteiger partial charge in [0.15, 0.2) is 5.96 Å². The van der Waals surface area contributed by atoms with E-state index < -0.39 is 0 Å². The first-order chi connectivity index (χ1) is 15.7. The lowest BCUT2D eigenvalue weighted by Crippen LogP contribution is -2.55. The minimum absolute atomic E-state index is 0. The number of nitrogens with one attached hydrogen (secondary N) is 1. The van der Waals surface area contributed by atoms with Crippen LogP contribution >= 0.6 is 24.0 Å². The molecule has 9 heteroatoms. The van der Waals surface area contributed by atoms with Gasteiger partial charge in [0.1, 0.15) is 6.10 Å². The molecule has 3 aliphatic heterocycles. The third kappa shape index (κ3) is 6.59. The molecular formula is C24H36IN5O3. The van der Waals surface area contributed by atoms with Gasteiger partial charge in [0.25, 0.3) is 5.91 Å². The molecule has 3 saturated heterocycles. The number of halogens is 1. The van der Waals surface area contributed by atoms with Crippen LogP contribution in [0.25, 0.3) is 0 Å². The van der Waals surface area contributed by atoms with E-state index in [-0.39, 0.29) is 41.9 Å². The summed E-state index contributed by atoms with van der Waals surface area (Å²) >= 11 is 0. The number of piperidine rings is 1. The Morgan fingerprint density at radius 1 is 1.06 bits per heavy atom. The van der Waals surface area contributed by atoms with Crippen LogP contribution in [0.3, 0.4) is 0 Å². The van der Waals surface area contributed by atoms with E-state index in [1.807, 2.05) is 21.9 Å². The van der Waals surface area contributed by atoms with Crippen molar-refractivity contribution in [2.75, 3.05) is 50.8 Å². The fraction of sp³-hybridized carbons (Fsp3) is 0.625. The maximum absolute atomic E-state index is 12.6. The molecule has 3 aliphatic rings. The molecule has 0 bridgehead atoms. The molecule has 8 nitrogen and oxygen atoms in total. The second-order valence-corrected chi connectivity index (χ2v) is 8.65. The number of rotatable bonds is 5. The van der Waals surface area contributed by atoms with E-state index in [2.05, 4.69) is 29.3 Å². The Morgan fingerprint density at radius 2 is 1.79 bits per heavy atom. The Labute approximate surface area is 213 Å². The number of carbonyl (C=O) groups excluding carboxylic acids is 2. The number of guanidine groups is 1. The van der Waals surface area contributed by atoms with Crippen molar-refractivity contribution in [2.24, 2.45) is 4.99 Å². The molecule has 2 amide bonds. The highest BCUT2D eigenvalue weighted by Crippen LogP contribution is 2.21. The zero-order valence-corrected chi connectivity index (χ0v) is 21.8. The second kappa shape index (κ2) is 12.5. The van der Waals surface area contributed by atoms with Crippen molar-refractivity contribution in [3.63, 3.8) is 0 Å². The summed E-state index contributed by atoms with van der Waals surface area (Å²) in [5, 5.41) is 3.39. The van der Waals surface area contributed by atoms with Crippen LogP contribution in [0.5, 0.6) is 0 Å². The van der Waals surface area contributed by atoms with Crippen LogP contribution in [0.15, 0.2) is 29.3 Å². The van der Waals surface area contributed by atoms with Crippen LogP contribution in [-0.4, -0.2) is 79.6 Å². The quantitative estimate of drug-likeness (QED) is 0.335. The van der Waals surface area contributed by atoms with Crippen molar-refractivity contribution in [3.05, 3.63) is 29.8 Å². The summed E-state index contributed by atoms with van der Waals surface area (Å²) in [6.07, 6.45) is 4.27. The third-order valence-corrected chi connectivity index (χ3v) is 6.41. The summed E-state index contributed by atoms with van der Waals surface area (Å²) < 4.78 is 5.56. The van der Waals surface area contributed by atoms with Gasteiger partial charge >= 0.3 is 0 Å². The number of hydrogen-bond donors (Lipinski definition) is 1. The lowest BCUT2D eigenvalue weighted by Gasteiger charge is -2.37. The SMILES string of the molecule is CCNC(=NCc1ccc(N2CCCCC2=O)cc1)N1CCN(C(=O)C2CCCO2)CC1.I. The average Bonchev–Trinajstić information content (AvgIpc) is 3.37. The predicted molar refractivity (Wildman–Crippen MR) is 140 cm³/mol. The molecule has 0 radical (unpaired) electrons. The first-order valence-electron chi connectivity index (χ1n) is 12.0. The number of piperazine rings is 1. The zero-order chi connectivity index (χ0) is 22.3. The monoisotopic (exact) mass is 569 g/mol. The van der Waals surface area contributed by atoms with Gasteiger partial charge in [-0.25, -0.2) is 4.99 Å². The van der Waals surface area contributed by atoms with Crippen molar-refractivity contribution in [2.45, 2.75) is 51.7 Å². The van der Waals surface area contributed by atoms with Crippen LogP contribution in [0.1, 0.15) is 44.6 Å². The normalized spacial score (nSPS) is 21.7. The van der Waals surface area contributed by atoms with Crippen molar-refractivity contribution in [1.82, 2.24) is 15.1 Å². The molecular weight excluding hydrogens is 533 g/mol. The molecule has 1 N–H and O–H groups in total. The van der Waals surface area contributed by atoms with Gasteiger partial charge in [0.05, 0.1) is 6.54 Å². The number of amides is 2.